The highest BCUT2D eigenvalue weighted by molar-refractivity contribution is 5.80. The summed E-state index contributed by atoms with van der Waals surface area (Å²) in [5.41, 5.74) is 2.66. The number of likely N-dealkylation sites (tertiary alicyclic amines) is 1. The molecule has 1 N–H and O–H groups in total. The SMILES string of the molecule is O=C(O)C1CCN(C(=O)C2CCc3ccccc3C2)CC1. The minimum Gasteiger partial charge on any atom is -0.481 e. The molecule has 1 fully saturated rings. The molecule has 1 heterocycles. The maximum absolute atomic E-state index is 12.6. The van der Waals surface area contributed by atoms with Gasteiger partial charge in [-0.3, -0.25) is 9.59 Å². The van der Waals surface area contributed by atoms with Crippen LogP contribution in [0.4, 0.5) is 0 Å². The summed E-state index contributed by atoms with van der Waals surface area (Å²) in [6, 6.07) is 8.35. The number of benzene rings is 1. The van der Waals surface area contributed by atoms with Crippen molar-refractivity contribution in [3.8, 4) is 0 Å². The largest absolute Gasteiger partial charge is 0.481 e. The van der Waals surface area contributed by atoms with E-state index in [1.54, 1.807) is 0 Å². The van der Waals surface area contributed by atoms with E-state index in [1.165, 1.54) is 11.1 Å². The van der Waals surface area contributed by atoms with Crippen LogP contribution in [-0.4, -0.2) is 35.0 Å². The summed E-state index contributed by atoms with van der Waals surface area (Å²) in [6.07, 6.45) is 3.88. The minimum atomic E-state index is -0.728. The van der Waals surface area contributed by atoms with Crippen molar-refractivity contribution in [3.63, 3.8) is 0 Å². The molecule has 3 rings (SSSR count). The molecule has 1 aliphatic heterocycles. The van der Waals surface area contributed by atoms with E-state index in [1.807, 2.05) is 11.0 Å². The summed E-state index contributed by atoms with van der Waals surface area (Å²) in [4.78, 5) is 25.5. The van der Waals surface area contributed by atoms with E-state index in [0.29, 0.717) is 25.9 Å². The molecule has 2 aliphatic rings. The molecule has 1 aromatic rings. The van der Waals surface area contributed by atoms with Gasteiger partial charge in [0.15, 0.2) is 0 Å². The van der Waals surface area contributed by atoms with Crippen molar-refractivity contribution >= 4 is 11.9 Å². The van der Waals surface area contributed by atoms with Crippen LogP contribution >= 0.6 is 0 Å². The molecule has 1 aliphatic carbocycles. The fourth-order valence-corrected chi connectivity index (χ4v) is 3.51. The summed E-state index contributed by atoms with van der Waals surface area (Å²) in [5, 5.41) is 9.02. The summed E-state index contributed by atoms with van der Waals surface area (Å²) >= 11 is 0. The van der Waals surface area contributed by atoms with Gasteiger partial charge in [0.25, 0.3) is 0 Å². The number of carbonyl (C=O) groups excluding carboxylic acids is 1. The van der Waals surface area contributed by atoms with Crippen LogP contribution in [0.1, 0.15) is 30.4 Å². The molecule has 1 unspecified atom stereocenters. The second-order valence-corrected chi connectivity index (χ2v) is 6.15. The lowest BCUT2D eigenvalue weighted by atomic mass is 9.82. The molecule has 21 heavy (non-hydrogen) atoms. The number of carboxylic acid groups (broad SMARTS) is 1. The molecule has 4 heteroatoms. The van der Waals surface area contributed by atoms with Gasteiger partial charge in [-0.15, -0.1) is 0 Å². The van der Waals surface area contributed by atoms with E-state index in [0.717, 1.165) is 19.3 Å². The van der Waals surface area contributed by atoms with Crippen molar-refractivity contribution in [2.75, 3.05) is 13.1 Å². The quantitative estimate of drug-likeness (QED) is 0.906. The van der Waals surface area contributed by atoms with Crippen molar-refractivity contribution < 1.29 is 14.7 Å². The zero-order chi connectivity index (χ0) is 14.8. The first-order valence-corrected chi connectivity index (χ1v) is 7.73. The van der Waals surface area contributed by atoms with Gasteiger partial charge in [0.2, 0.25) is 5.91 Å². The number of piperidine rings is 1. The summed E-state index contributed by atoms with van der Waals surface area (Å²) in [7, 11) is 0. The van der Waals surface area contributed by atoms with Gasteiger partial charge in [0.05, 0.1) is 5.92 Å². The first-order chi connectivity index (χ1) is 10.1. The van der Waals surface area contributed by atoms with Crippen LogP contribution in [0.3, 0.4) is 0 Å². The zero-order valence-electron chi connectivity index (χ0n) is 12.1. The van der Waals surface area contributed by atoms with Crippen molar-refractivity contribution in [1.82, 2.24) is 4.90 Å². The number of nitrogens with zero attached hydrogens (tertiary/aromatic N) is 1. The Morgan fingerprint density at radius 1 is 1.00 bits per heavy atom. The molecule has 4 nitrogen and oxygen atoms in total. The van der Waals surface area contributed by atoms with E-state index in [2.05, 4.69) is 18.2 Å². The van der Waals surface area contributed by atoms with Crippen molar-refractivity contribution in [3.05, 3.63) is 35.4 Å². The van der Waals surface area contributed by atoms with Crippen LogP contribution in [0, 0.1) is 11.8 Å². The third-order valence-electron chi connectivity index (χ3n) is 4.85. The molecule has 0 saturated carbocycles. The molecular formula is C17H21NO3. The Hall–Kier alpha value is -1.84. The van der Waals surface area contributed by atoms with E-state index in [9.17, 15) is 9.59 Å². The number of aryl methyl sites for hydroxylation is 1. The summed E-state index contributed by atoms with van der Waals surface area (Å²) < 4.78 is 0. The molecule has 0 radical (unpaired) electrons. The maximum Gasteiger partial charge on any atom is 0.306 e. The number of aliphatic carboxylic acids is 1. The fraction of sp³-hybridized carbons (Fsp3) is 0.529. The van der Waals surface area contributed by atoms with Gasteiger partial charge in [0.1, 0.15) is 0 Å². The van der Waals surface area contributed by atoms with Crippen LogP contribution in [0.25, 0.3) is 0 Å². The molecule has 1 saturated heterocycles. The third kappa shape index (κ3) is 2.94. The third-order valence-corrected chi connectivity index (χ3v) is 4.85. The smallest absolute Gasteiger partial charge is 0.306 e. The Kier molecular flexibility index (Phi) is 3.95. The van der Waals surface area contributed by atoms with Crippen LogP contribution in [0.2, 0.25) is 0 Å². The van der Waals surface area contributed by atoms with Crippen molar-refractivity contribution in [2.24, 2.45) is 11.8 Å². The lowest BCUT2D eigenvalue weighted by Crippen LogP contribution is -2.44. The fourth-order valence-electron chi connectivity index (χ4n) is 3.51. The average molecular weight is 287 g/mol. The molecule has 0 bridgehead atoms. The highest BCUT2D eigenvalue weighted by Crippen LogP contribution is 2.28. The van der Waals surface area contributed by atoms with Gasteiger partial charge >= 0.3 is 5.97 Å². The molecule has 1 atom stereocenters. The molecule has 1 aromatic carbocycles. The Bertz CT molecular complexity index is 547. The Morgan fingerprint density at radius 2 is 1.67 bits per heavy atom. The van der Waals surface area contributed by atoms with Gasteiger partial charge in [-0.25, -0.2) is 0 Å². The molecular weight excluding hydrogens is 266 g/mol. The van der Waals surface area contributed by atoms with Crippen molar-refractivity contribution in [2.45, 2.75) is 32.1 Å². The lowest BCUT2D eigenvalue weighted by Gasteiger charge is -2.34. The number of carboxylic acids is 1. The Labute approximate surface area is 124 Å². The second-order valence-electron chi connectivity index (χ2n) is 6.15. The van der Waals surface area contributed by atoms with Gasteiger partial charge < -0.3 is 10.0 Å². The molecule has 112 valence electrons. The number of hydrogen-bond donors (Lipinski definition) is 1. The minimum absolute atomic E-state index is 0.0706. The van der Waals surface area contributed by atoms with Crippen LogP contribution in [0.15, 0.2) is 24.3 Å². The molecule has 0 spiro atoms. The van der Waals surface area contributed by atoms with E-state index in [-0.39, 0.29) is 17.7 Å². The van der Waals surface area contributed by atoms with Gasteiger partial charge in [-0.2, -0.15) is 0 Å². The predicted octanol–water partition coefficient (Wildman–Crippen LogP) is 2.11. The number of rotatable bonds is 2. The summed E-state index contributed by atoms with van der Waals surface area (Å²) in [5.74, 6) is -0.718. The average Bonchev–Trinajstić information content (AvgIpc) is 2.54. The number of hydrogen-bond acceptors (Lipinski definition) is 2. The number of amides is 1. The van der Waals surface area contributed by atoms with Crippen LogP contribution in [-0.2, 0) is 22.4 Å². The molecule has 0 aromatic heterocycles. The van der Waals surface area contributed by atoms with Crippen molar-refractivity contribution in [1.29, 1.82) is 0 Å². The highest BCUT2D eigenvalue weighted by atomic mass is 16.4. The van der Waals surface area contributed by atoms with E-state index >= 15 is 0 Å². The zero-order valence-corrected chi connectivity index (χ0v) is 12.1. The molecule has 1 amide bonds. The summed E-state index contributed by atoms with van der Waals surface area (Å²) in [6.45, 7) is 1.18. The maximum atomic E-state index is 12.6. The second kappa shape index (κ2) is 5.88. The van der Waals surface area contributed by atoms with Crippen LogP contribution in [0.5, 0.6) is 0 Å². The predicted molar refractivity (Wildman–Crippen MR) is 78.9 cm³/mol. The van der Waals surface area contributed by atoms with Crippen LogP contribution < -0.4 is 0 Å². The first kappa shape index (κ1) is 14.1. The van der Waals surface area contributed by atoms with E-state index < -0.39 is 5.97 Å². The Morgan fingerprint density at radius 3 is 2.33 bits per heavy atom. The standard InChI is InChI=1S/C17H21NO3/c19-16(18-9-7-13(8-10-18)17(20)21)15-6-5-12-3-1-2-4-14(12)11-15/h1-4,13,15H,5-11H2,(H,20,21). The van der Waals surface area contributed by atoms with E-state index in [4.69, 9.17) is 5.11 Å². The monoisotopic (exact) mass is 287 g/mol. The number of carbonyl (C=O) groups is 2. The first-order valence-electron chi connectivity index (χ1n) is 7.73. The Balaban J connectivity index is 1.61. The highest BCUT2D eigenvalue weighted by Gasteiger charge is 2.32. The number of fused-ring (bicyclic) bond motifs is 1. The topological polar surface area (TPSA) is 57.6 Å². The van der Waals surface area contributed by atoms with Gasteiger partial charge in [0, 0.05) is 19.0 Å². The van der Waals surface area contributed by atoms with Gasteiger partial charge in [-0.05, 0) is 43.2 Å². The lowest BCUT2D eigenvalue weighted by molar-refractivity contribution is -0.146. The normalized spacial score (nSPS) is 22.7. The van der Waals surface area contributed by atoms with Gasteiger partial charge in [-0.1, -0.05) is 24.3 Å².